The molecule has 1 atom stereocenters. The first-order chi connectivity index (χ1) is 12.8. The molecule has 0 radical (unpaired) electrons. The summed E-state index contributed by atoms with van der Waals surface area (Å²) in [5.41, 5.74) is 0.412. The number of rotatable bonds is 4. The molecule has 0 N–H and O–H groups in total. The molecular formula is C20H18F3NO3. The van der Waals surface area contributed by atoms with Crippen molar-refractivity contribution in [2.24, 2.45) is 0 Å². The summed E-state index contributed by atoms with van der Waals surface area (Å²) < 4.78 is 44.1. The number of carbonyl (C=O) groups is 2. The number of carbonyl (C=O) groups excluding carboxylic acids is 2. The molecule has 142 valence electrons. The van der Waals surface area contributed by atoms with E-state index < -0.39 is 29.5 Å². The number of ketones is 1. The first-order valence-electron chi connectivity index (χ1n) is 8.50. The Kier molecular flexibility index (Phi) is 5.32. The largest absolute Gasteiger partial charge is 0.464 e. The average Bonchev–Trinajstić information content (AvgIpc) is 2.61. The third kappa shape index (κ3) is 4.03. The van der Waals surface area contributed by atoms with Crippen molar-refractivity contribution in [3.63, 3.8) is 0 Å². The van der Waals surface area contributed by atoms with E-state index in [1.807, 2.05) is 30.3 Å². The number of halogens is 3. The van der Waals surface area contributed by atoms with Gasteiger partial charge in [-0.2, -0.15) is 13.2 Å². The summed E-state index contributed by atoms with van der Waals surface area (Å²) in [7, 11) is 0. The maximum atomic E-state index is 13.0. The third-order valence-corrected chi connectivity index (χ3v) is 4.42. The van der Waals surface area contributed by atoms with E-state index in [1.165, 1.54) is 0 Å². The van der Waals surface area contributed by atoms with Crippen molar-refractivity contribution < 1.29 is 27.5 Å². The highest BCUT2D eigenvalue weighted by Gasteiger charge is 2.41. The number of alkyl halides is 3. The van der Waals surface area contributed by atoms with Crippen LogP contribution in [0.25, 0.3) is 0 Å². The Labute approximate surface area is 154 Å². The maximum Gasteiger partial charge on any atom is 0.416 e. The van der Waals surface area contributed by atoms with E-state index in [0.29, 0.717) is 0 Å². The van der Waals surface area contributed by atoms with Crippen LogP contribution in [0.15, 0.2) is 48.5 Å². The van der Waals surface area contributed by atoms with Gasteiger partial charge in [-0.05, 0) is 30.2 Å². The van der Waals surface area contributed by atoms with E-state index in [2.05, 4.69) is 0 Å². The second-order valence-electron chi connectivity index (χ2n) is 6.28. The van der Waals surface area contributed by atoms with Crippen molar-refractivity contribution in [3.05, 3.63) is 70.8 Å². The van der Waals surface area contributed by atoms with Gasteiger partial charge in [-0.1, -0.05) is 36.4 Å². The van der Waals surface area contributed by atoms with Crippen LogP contribution in [0, 0.1) is 0 Å². The standard InChI is InChI=1S/C20H18F3NO3/c1-2-27-19(26)17-18(25)16-9-8-15(20(21,22)23)10-14(16)12-24(17)11-13-6-4-3-5-7-13/h3-10,17H,2,11-12H2,1H3. The highest BCUT2D eigenvalue weighted by molar-refractivity contribution is 6.13. The summed E-state index contributed by atoms with van der Waals surface area (Å²) in [6.07, 6.45) is -4.50. The van der Waals surface area contributed by atoms with Gasteiger partial charge in [0.1, 0.15) is 0 Å². The zero-order valence-electron chi connectivity index (χ0n) is 14.6. The van der Waals surface area contributed by atoms with E-state index in [-0.39, 0.29) is 30.8 Å². The van der Waals surface area contributed by atoms with Crippen LogP contribution in [0.4, 0.5) is 13.2 Å². The SMILES string of the molecule is CCOC(=O)C1C(=O)c2ccc(C(F)(F)F)cc2CN1Cc1ccccc1. The lowest BCUT2D eigenvalue weighted by Gasteiger charge is -2.34. The Bertz CT molecular complexity index is 849. The van der Waals surface area contributed by atoms with Gasteiger partial charge in [0.2, 0.25) is 0 Å². The lowest BCUT2D eigenvalue weighted by Crippen LogP contribution is -2.50. The normalized spacial score (nSPS) is 17.5. The Hall–Kier alpha value is -2.67. The molecule has 1 unspecified atom stereocenters. The molecule has 1 aliphatic rings. The average molecular weight is 377 g/mol. The molecule has 0 amide bonds. The van der Waals surface area contributed by atoms with Crippen molar-refractivity contribution in [3.8, 4) is 0 Å². The molecular weight excluding hydrogens is 359 g/mol. The topological polar surface area (TPSA) is 46.6 Å². The summed E-state index contributed by atoms with van der Waals surface area (Å²) in [6, 6.07) is 10.9. The van der Waals surface area contributed by atoms with Gasteiger partial charge in [0.05, 0.1) is 12.2 Å². The molecule has 27 heavy (non-hydrogen) atoms. The first kappa shape index (κ1) is 19.1. The zero-order chi connectivity index (χ0) is 19.6. The summed E-state index contributed by atoms with van der Waals surface area (Å²) >= 11 is 0. The molecule has 1 aliphatic heterocycles. The van der Waals surface area contributed by atoms with E-state index in [1.54, 1.807) is 11.8 Å². The molecule has 0 aliphatic carbocycles. The van der Waals surface area contributed by atoms with Crippen LogP contribution in [-0.2, 0) is 28.8 Å². The molecule has 0 bridgehead atoms. The Morgan fingerprint density at radius 1 is 1.19 bits per heavy atom. The van der Waals surface area contributed by atoms with Gasteiger partial charge in [0.25, 0.3) is 0 Å². The van der Waals surface area contributed by atoms with Crippen molar-refractivity contribution in [2.75, 3.05) is 6.61 Å². The fourth-order valence-corrected chi connectivity index (χ4v) is 3.21. The van der Waals surface area contributed by atoms with Crippen LogP contribution in [0.2, 0.25) is 0 Å². The molecule has 3 rings (SSSR count). The Balaban J connectivity index is 2.00. The molecule has 4 nitrogen and oxygen atoms in total. The summed E-state index contributed by atoms with van der Waals surface area (Å²) in [6.45, 7) is 2.03. The van der Waals surface area contributed by atoms with Gasteiger partial charge in [0.15, 0.2) is 11.8 Å². The second kappa shape index (κ2) is 7.52. The van der Waals surface area contributed by atoms with Gasteiger partial charge in [-0.25, -0.2) is 4.79 Å². The number of hydrogen-bond acceptors (Lipinski definition) is 4. The van der Waals surface area contributed by atoms with Gasteiger partial charge in [0, 0.05) is 18.7 Å². The van der Waals surface area contributed by atoms with Crippen LogP contribution in [0.3, 0.4) is 0 Å². The molecule has 7 heteroatoms. The van der Waals surface area contributed by atoms with Crippen molar-refractivity contribution in [1.29, 1.82) is 0 Å². The van der Waals surface area contributed by atoms with Crippen LogP contribution in [0.1, 0.15) is 34.0 Å². The predicted molar refractivity (Wildman–Crippen MR) is 91.9 cm³/mol. The van der Waals surface area contributed by atoms with E-state index in [9.17, 15) is 22.8 Å². The van der Waals surface area contributed by atoms with Crippen molar-refractivity contribution >= 4 is 11.8 Å². The second-order valence-corrected chi connectivity index (χ2v) is 6.28. The highest BCUT2D eigenvalue weighted by atomic mass is 19.4. The number of fused-ring (bicyclic) bond motifs is 1. The third-order valence-electron chi connectivity index (χ3n) is 4.42. The van der Waals surface area contributed by atoms with Gasteiger partial charge in [-0.15, -0.1) is 0 Å². The lowest BCUT2D eigenvalue weighted by molar-refractivity contribution is -0.148. The number of Topliss-reactive ketones (excluding diaryl/α,β-unsaturated/α-hetero) is 1. The minimum atomic E-state index is -4.50. The summed E-state index contributed by atoms with van der Waals surface area (Å²) in [5.74, 6) is -1.23. The number of esters is 1. The molecule has 1 heterocycles. The lowest BCUT2D eigenvalue weighted by atomic mass is 9.90. The minimum Gasteiger partial charge on any atom is -0.464 e. The summed E-state index contributed by atoms with van der Waals surface area (Å²) in [4.78, 5) is 26.8. The highest BCUT2D eigenvalue weighted by Crippen LogP contribution is 2.33. The monoisotopic (exact) mass is 377 g/mol. The number of ether oxygens (including phenoxy) is 1. The number of benzene rings is 2. The van der Waals surface area contributed by atoms with E-state index in [0.717, 1.165) is 23.8 Å². The molecule has 2 aromatic rings. The van der Waals surface area contributed by atoms with E-state index in [4.69, 9.17) is 4.74 Å². The molecule has 0 fully saturated rings. The maximum absolute atomic E-state index is 13.0. The van der Waals surface area contributed by atoms with Crippen LogP contribution in [-0.4, -0.2) is 29.3 Å². The number of nitrogens with zero attached hydrogens (tertiary/aromatic N) is 1. The molecule has 2 aromatic carbocycles. The van der Waals surface area contributed by atoms with Crippen LogP contribution >= 0.6 is 0 Å². The molecule has 0 saturated carbocycles. The predicted octanol–water partition coefficient (Wildman–Crippen LogP) is 3.84. The first-order valence-corrected chi connectivity index (χ1v) is 8.50. The molecule has 0 saturated heterocycles. The van der Waals surface area contributed by atoms with Crippen molar-refractivity contribution in [1.82, 2.24) is 4.90 Å². The molecule has 0 spiro atoms. The van der Waals surface area contributed by atoms with Crippen molar-refractivity contribution in [2.45, 2.75) is 32.2 Å². The van der Waals surface area contributed by atoms with Crippen LogP contribution in [0.5, 0.6) is 0 Å². The molecule has 0 aromatic heterocycles. The van der Waals surface area contributed by atoms with Gasteiger partial charge < -0.3 is 4.74 Å². The van der Waals surface area contributed by atoms with Gasteiger partial charge in [-0.3, -0.25) is 9.69 Å². The smallest absolute Gasteiger partial charge is 0.416 e. The van der Waals surface area contributed by atoms with Gasteiger partial charge >= 0.3 is 12.1 Å². The summed E-state index contributed by atoms with van der Waals surface area (Å²) in [5, 5.41) is 0. The fraction of sp³-hybridized carbons (Fsp3) is 0.300. The van der Waals surface area contributed by atoms with Crippen LogP contribution < -0.4 is 0 Å². The minimum absolute atomic E-state index is 0.0450. The van der Waals surface area contributed by atoms with E-state index >= 15 is 0 Å². The number of hydrogen-bond donors (Lipinski definition) is 0. The quantitative estimate of drug-likeness (QED) is 0.600. The Morgan fingerprint density at radius 2 is 1.89 bits per heavy atom. The fourth-order valence-electron chi connectivity index (χ4n) is 3.21. The Morgan fingerprint density at radius 3 is 2.52 bits per heavy atom. The zero-order valence-corrected chi connectivity index (χ0v) is 14.6.